The van der Waals surface area contributed by atoms with Crippen LogP contribution in [0.25, 0.3) is 6.08 Å². The van der Waals surface area contributed by atoms with Crippen LogP contribution in [0.15, 0.2) is 36.4 Å². The van der Waals surface area contributed by atoms with Crippen molar-refractivity contribution in [2.75, 3.05) is 27.3 Å². The van der Waals surface area contributed by atoms with Crippen molar-refractivity contribution in [1.82, 2.24) is 4.90 Å². The van der Waals surface area contributed by atoms with Gasteiger partial charge in [-0.1, -0.05) is 29.8 Å². The SMILES string of the molecule is CCOc1cc(/C=C/C(=O)c2ccc(C)c(C)c2)cc(Cl)c1OCC(=O)N(C)C. The third-order valence-electron chi connectivity index (χ3n) is 4.39. The molecule has 154 valence electrons. The molecule has 0 fully saturated rings. The summed E-state index contributed by atoms with van der Waals surface area (Å²) in [6.07, 6.45) is 3.18. The Morgan fingerprint density at radius 2 is 1.79 bits per heavy atom. The molecule has 0 saturated carbocycles. The number of ether oxygens (including phenoxy) is 2. The van der Waals surface area contributed by atoms with Crippen molar-refractivity contribution in [2.24, 2.45) is 0 Å². The van der Waals surface area contributed by atoms with Gasteiger partial charge in [0.1, 0.15) is 0 Å². The minimum absolute atomic E-state index is 0.0981. The fraction of sp³-hybridized carbons (Fsp3) is 0.304. The average molecular weight is 416 g/mol. The topological polar surface area (TPSA) is 55.8 Å². The average Bonchev–Trinajstić information content (AvgIpc) is 2.67. The molecule has 0 aromatic heterocycles. The van der Waals surface area contributed by atoms with E-state index >= 15 is 0 Å². The van der Waals surface area contributed by atoms with Crippen molar-refractivity contribution in [3.63, 3.8) is 0 Å². The van der Waals surface area contributed by atoms with Gasteiger partial charge in [-0.05, 0) is 61.7 Å². The molecule has 0 unspecified atom stereocenters. The van der Waals surface area contributed by atoms with Gasteiger partial charge in [-0.2, -0.15) is 0 Å². The second-order valence-corrected chi connectivity index (χ2v) is 7.24. The number of benzene rings is 2. The molecule has 5 nitrogen and oxygen atoms in total. The van der Waals surface area contributed by atoms with Crippen molar-refractivity contribution in [1.29, 1.82) is 0 Å². The van der Waals surface area contributed by atoms with Crippen LogP contribution in [-0.4, -0.2) is 43.9 Å². The summed E-state index contributed by atoms with van der Waals surface area (Å²) >= 11 is 6.36. The van der Waals surface area contributed by atoms with Crippen LogP contribution in [-0.2, 0) is 4.79 Å². The maximum absolute atomic E-state index is 12.5. The zero-order valence-electron chi connectivity index (χ0n) is 17.4. The standard InChI is InChI=1S/C23H26ClNO4/c1-6-28-21-13-17(12-19(24)23(21)29-14-22(27)25(4)5)8-10-20(26)18-9-7-15(2)16(3)11-18/h7-13H,6,14H2,1-5H3/b10-8+. The minimum Gasteiger partial charge on any atom is -0.490 e. The van der Waals surface area contributed by atoms with Crippen LogP contribution in [0.3, 0.4) is 0 Å². The summed E-state index contributed by atoms with van der Waals surface area (Å²) in [7, 11) is 3.30. The Bertz CT molecular complexity index is 935. The second-order valence-electron chi connectivity index (χ2n) is 6.84. The maximum Gasteiger partial charge on any atom is 0.259 e. The first-order valence-electron chi connectivity index (χ1n) is 9.31. The number of hydrogen-bond acceptors (Lipinski definition) is 4. The molecule has 29 heavy (non-hydrogen) atoms. The summed E-state index contributed by atoms with van der Waals surface area (Å²) in [5.74, 6) is 0.441. The molecule has 2 aromatic carbocycles. The van der Waals surface area contributed by atoms with Crippen LogP contribution in [0, 0.1) is 13.8 Å². The number of halogens is 1. The highest BCUT2D eigenvalue weighted by Gasteiger charge is 2.15. The number of rotatable bonds is 8. The second kappa shape index (κ2) is 10.1. The Morgan fingerprint density at radius 3 is 2.41 bits per heavy atom. The molecule has 0 aliphatic heterocycles. The minimum atomic E-state index is -0.188. The largest absolute Gasteiger partial charge is 0.490 e. The number of nitrogens with zero attached hydrogens (tertiary/aromatic N) is 1. The Kier molecular flexibility index (Phi) is 7.85. The quantitative estimate of drug-likeness (QED) is 0.462. The molecule has 2 rings (SSSR count). The van der Waals surface area contributed by atoms with Crippen LogP contribution in [0.5, 0.6) is 11.5 Å². The third kappa shape index (κ3) is 6.09. The highest BCUT2D eigenvalue weighted by molar-refractivity contribution is 6.32. The molecule has 1 amide bonds. The maximum atomic E-state index is 12.5. The highest BCUT2D eigenvalue weighted by Crippen LogP contribution is 2.37. The Labute approximate surface area is 176 Å². The van der Waals surface area contributed by atoms with E-state index in [1.165, 1.54) is 11.0 Å². The van der Waals surface area contributed by atoms with E-state index in [-0.39, 0.29) is 18.3 Å². The van der Waals surface area contributed by atoms with Gasteiger partial charge in [-0.3, -0.25) is 9.59 Å². The van der Waals surface area contributed by atoms with Gasteiger partial charge in [0.05, 0.1) is 11.6 Å². The molecule has 0 bridgehead atoms. The first-order chi connectivity index (χ1) is 13.7. The Balaban J connectivity index is 2.24. The zero-order chi connectivity index (χ0) is 21.6. The fourth-order valence-electron chi connectivity index (χ4n) is 2.51. The smallest absolute Gasteiger partial charge is 0.259 e. The van der Waals surface area contributed by atoms with Gasteiger partial charge in [-0.25, -0.2) is 0 Å². The monoisotopic (exact) mass is 415 g/mol. The summed E-state index contributed by atoms with van der Waals surface area (Å²) in [5.41, 5.74) is 3.53. The molecule has 0 aliphatic carbocycles. The predicted octanol–water partition coefficient (Wildman–Crippen LogP) is 4.72. The van der Waals surface area contributed by atoms with Crippen LogP contribution in [0.4, 0.5) is 0 Å². The van der Waals surface area contributed by atoms with Crippen LogP contribution in [0.2, 0.25) is 5.02 Å². The number of likely N-dealkylation sites (N-methyl/N-ethyl adjacent to an activating group) is 1. The molecule has 0 N–H and O–H groups in total. The van der Waals surface area contributed by atoms with Gasteiger partial charge in [0, 0.05) is 19.7 Å². The van der Waals surface area contributed by atoms with Gasteiger partial charge in [0.2, 0.25) is 0 Å². The zero-order valence-corrected chi connectivity index (χ0v) is 18.2. The lowest BCUT2D eigenvalue weighted by atomic mass is 10.0. The van der Waals surface area contributed by atoms with Gasteiger partial charge < -0.3 is 14.4 Å². The van der Waals surface area contributed by atoms with E-state index in [2.05, 4.69) is 0 Å². The van der Waals surface area contributed by atoms with Crippen molar-refractivity contribution in [2.45, 2.75) is 20.8 Å². The van der Waals surface area contributed by atoms with Crippen LogP contribution in [0.1, 0.15) is 34.0 Å². The number of carbonyl (C=O) groups excluding carboxylic acids is 2. The van der Waals surface area contributed by atoms with E-state index in [0.717, 1.165) is 11.1 Å². The lowest BCUT2D eigenvalue weighted by molar-refractivity contribution is -0.130. The number of carbonyl (C=O) groups is 2. The van der Waals surface area contributed by atoms with Crippen molar-refractivity contribution >= 4 is 29.4 Å². The molecule has 2 aromatic rings. The summed E-state index contributed by atoms with van der Waals surface area (Å²) in [4.78, 5) is 25.7. The first-order valence-corrected chi connectivity index (χ1v) is 9.69. The van der Waals surface area contributed by atoms with Crippen molar-refractivity contribution in [3.8, 4) is 11.5 Å². The molecular formula is C23H26ClNO4. The van der Waals surface area contributed by atoms with Gasteiger partial charge in [0.15, 0.2) is 23.9 Å². The lowest BCUT2D eigenvalue weighted by Gasteiger charge is -2.16. The van der Waals surface area contributed by atoms with E-state index in [1.54, 1.807) is 32.3 Å². The number of allylic oxidation sites excluding steroid dienone is 1. The molecule has 0 radical (unpaired) electrons. The summed E-state index contributed by atoms with van der Waals surface area (Å²) in [5, 5.41) is 0.306. The Hall–Kier alpha value is -2.79. The van der Waals surface area contributed by atoms with Gasteiger partial charge in [0.25, 0.3) is 5.91 Å². The molecule has 0 aliphatic rings. The molecule has 0 saturated heterocycles. The van der Waals surface area contributed by atoms with Crippen LogP contribution < -0.4 is 9.47 Å². The first kappa shape index (κ1) is 22.5. The molecular weight excluding hydrogens is 390 g/mol. The molecule has 6 heteroatoms. The summed E-state index contributed by atoms with van der Waals surface area (Å²) < 4.78 is 11.2. The highest BCUT2D eigenvalue weighted by atomic mass is 35.5. The number of aryl methyl sites for hydroxylation is 2. The van der Waals surface area contributed by atoms with Crippen LogP contribution >= 0.6 is 11.6 Å². The summed E-state index contributed by atoms with van der Waals surface area (Å²) in [6, 6.07) is 9.02. The van der Waals surface area contributed by atoms with E-state index < -0.39 is 0 Å². The van der Waals surface area contributed by atoms with E-state index in [0.29, 0.717) is 34.3 Å². The predicted molar refractivity (Wildman–Crippen MR) is 116 cm³/mol. The molecule has 0 atom stereocenters. The van der Waals surface area contributed by atoms with Gasteiger partial charge >= 0.3 is 0 Å². The van der Waals surface area contributed by atoms with Crippen molar-refractivity contribution < 1.29 is 19.1 Å². The third-order valence-corrected chi connectivity index (χ3v) is 4.67. The van der Waals surface area contributed by atoms with E-state index in [9.17, 15) is 9.59 Å². The number of ketones is 1. The molecule has 0 heterocycles. The van der Waals surface area contributed by atoms with Crippen molar-refractivity contribution in [3.05, 3.63) is 63.7 Å². The Morgan fingerprint density at radius 1 is 1.07 bits per heavy atom. The fourth-order valence-corrected chi connectivity index (χ4v) is 2.79. The van der Waals surface area contributed by atoms with Gasteiger partial charge in [-0.15, -0.1) is 0 Å². The summed E-state index contributed by atoms with van der Waals surface area (Å²) in [6.45, 7) is 6.08. The number of hydrogen-bond donors (Lipinski definition) is 0. The van der Waals surface area contributed by atoms with E-state index in [4.69, 9.17) is 21.1 Å². The molecule has 0 spiro atoms. The lowest BCUT2D eigenvalue weighted by Crippen LogP contribution is -2.27. The normalized spacial score (nSPS) is 10.8. The van der Waals surface area contributed by atoms with E-state index in [1.807, 2.05) is 39.0 Å². The number of amides is 1.